The third-order valence-corrected chi connectivity index (χ3v) is 4.24. The zero-order chi connectivity index (χ0) is 21.0. The number of ether oxygens (including phenoxy) is 1. The van der Waals surface area contributed by atoms with E-state index in [1.54, 1.807) is 6.07 Å². The number of rotatable bonds is 7. The van der Waals surface area contributed by atoms with Crippen LogP contribution in [0, 0.1) is 13.8 Å². The molecule has 0 radical (unpaired) electrons. The molecule has 150 valence electrons. The second kappa shape index (κ2) is 8.59. The van der Waals surface area contributed by atoms with Gasteiger partial charge in [0, 0.05) is 11.4 Å². The summed E-state index contributed by atoms with van der Waals surface area (Å²) in [4.78, 5) is 44.4. The molecule has 0 bridgehead atoms. The van der Waals surface area contributed by atoms with E-state index in [0.717, 1.165) is 17.0 Å². The molecule has 0 saturated heterocycles. The molecule has 1 N–H and O–H groups in total. The van der Waals surface area contributed by atoms with Gasteiger partial charge in [0.15, 0.2) is 12.4 Å². The molecule has 0 saturated carbocycles. The predicted octanol–water partition coefficient (Wildman–Crippen LogP) is 1.21. The van der Waals surface area contributed by atoms with Gasteiger partial charge < -0.3 is 10.1 Å². The van der Waals surface area contributed by atoms with Crippen LogP contribution in [0.3, 0.4) is 0 Å². The summed E-state index contributed by atoms with van der Waals surface area (Å²) in [5.74, 6) is -1.52. The average molecular weight is 395 g/mol. The second-order valence-electron chi connectivity index (χ2n) is 6.68. The van der Waals surface area contributed by atoms with Gasteiger partial charge in [-0.1, -0.05) is 30.3 Å². The number of aromatic nitrogens is 4. The van der Waals surface area contributed by atoms with E-state index in [2.05, 4.69) is 20.4 Å². The molecule has 3 aromatic rings. The fourth-order valence-electron chi connectivity index (χ4n) is 2.83. The first-order valence-electron chi connectivity index (χ1n) is 9.05. The summed E-state index contributed by atoms with van der Waals surface area (Å²) in [5.41, 5.74) is 2.43. The molecular weight excluding hydrogens is 374 g/mol. The van der Waals surface area contributed by atoms with E-state index in [9.17, 15) is 14.4 Å². The number of hydrogen-bond acceptors (Lipinski definition) is 7. The van der Waals surface area contributed by atoms with E-state index >= 15 is 0 Å². The van der Waals surface area contributed by atoms with Gasteiger partial charge in [-0.3, -0.25) is 9.59 Å². The molecule has 0 aliphatic rings. The lowest BCUT2D eigenvalue weighted by atomic mass is 10.0. The van der Waals surface area contributed by atoms with Crippen molar-refractivity contribution in [1.82, 2.24) is 24.9 Å². The van der Waals surface area contributed by atoms with Gasteiger partial charge in [0.1, 0.15) is 0 Å². The van der Waals surface area contributed by atoms with Crippen LogP contribution in [0.1, 0.15) is 34.5 Å². The van der Waals surface area contributed by atoms with Crippen molar-refractivity contribution in [3.63, 3.8) is 0 Å². The standard InChI is InChI=1S/C20H21N5O4/c1-12-9-13(2)25-20(21-12)23-18(24-25)19(28)29-11-17(27)22-16(14(3)26)10-15-7-5-4-6-8-15/h4-9,16H,10-11H2,1-3H3,(H,22,27)/t16-/m0/s1. The first-order valence-corrected chi connectivity index (χ1v) is 9.05. The van der Waals surface area contributed by atoms with Crippen LogP contribution in [-0.2, 0) is 20.7 Å². The molecule has 9 nitrogen and oxygen atoms in total. The molecule has 2 aromatic heterocycles. The van der Waals surface area contributed by atoms with E-state index in [1.165, 1.54) is 11.4 Å². The van der Waals surface area contributed by atoms with Gasteiger partial charge in [0.2, 0.25) is 0 Å². The van der Waals surface area contributed by atoms with Crippen LogP contribution in [0.15, 0.2) is 36.4 Å². The number of carbonyl (C=O) groups is 3. The number of carbonyl (C=O) groups excluding carboxylic acids is 3. The molecule has 0 aliphatic heterocycles. The van der Waals surface area contributed by atoms with Crippen molar-refractivity contribution in [2.75, 3.05) is 6.61 Å². The van der Waals surface area contributed by atoms with Crippen LogP contribution < -0.4 is 5.32 Å². The molecule has 1 atom stereocenters. The number of fused-ring (bicyclic) bond motifs is 1. The number of esters is 1. The summed E-state index contributed by atoms with van der Waals surface area (Å²) in [7, 11) is 0. The van der Waals surface area contributed by atoms with Crippen LogP contribution in [0.4, 0.5) is 0 Å². The van der Waals surface area contributed by atoms with E-state index in [1.807, 2.05) is 44.2 Å². The fraction of sp³-hybridized carbons (Fsp3) is 0.300. The van der Waals surface area contributed by atoms with Crippen molar-refractivity contribution >= 4 is 23.4 Å². The second-order valence-corrected chi connectivity index (χ2v) is 6.68. The molecular formula is C20H21N5O4. The molecule has 29 heavy (non-hydrogen) atoms. The number of benzene rings is 1. The van der Waals surface area contributed by atoms with Gasteiger partial charge in [-0.05, 0) is 38.8 Å². The summed E-state index contributed by atoms with van der Waals surface area (Å²) in [6.07, 6.45) is 0.355. The third kappa shape index (κ3) is 5.01. The average Bonchev–Trinajstić information content (AvgIpc) is 3.11. The highest BCUT2D eigenvalue weighted by Crippen LogP contribution is 2.07. The Morgan fingerprint density at radius 3 is 2.55 bits per heavy atom. The van der Waals surface area contributed by atoms with Crippen LogP contribution in [0.25, 0.3) is 5.78 Å². The summed E-state index contributed by atoms with van der Waals surface area (Å²) in [6.45, 7) is 4.48. The van der Waals surface area contributed by atoms with Crippen LogP contribution in [0.2, 0.25) is 0 Å². The Labute approximate surface area is 167 Å². The minimum atomic E-state index is -0.842. The Hall–Kier alpha value is -3.62. The molecule has 9 heteroatoms. The molecule has 0 spiro atoms. The summed E-state index contributed by atoms with van der Waals surface area (Å²) in [5, 5.41) is 6.65. The van der Waals surface area contributed by atoms with Crippen LogP contribution >= 0.6 is 0 Å². The number of aryl methyl sites for hydroxylation is 2. The fourth-order valence-corrected chi connectivity index (χ4v) is 2.83. The maximum absolute atomic E-state index is 12.2. The SMILES string of the molecule is CC(=O)[C@H](Cc1ccccc1)NC(=O)COC(=O)c1nc2nc(C)cc(C)n2n1. The lowest BCUT2D eigenvalue weighted by Crippen LogP contribution is -2.43. The molecule has 2 heterocycles. The van der Waals surface area contributed by atoms with Crippen molar-refractivity contribution < 1.29 is 19.1 Å². The van der Waals surface area contributed by atoms with Gasteiger partial charge >= 0.3 is 5.97 Å². The lowest BCUT2D eigenvalue weighted by molar-refractivity contribution is -0.128. The number of amides is 1. The molecule has 0 aliphatic carbocycles. The van der Waals surface area contributed by atoms with Gasteiger partial charge in [-0.15, -0.1) is 5.10 Å². The van der Waals surface area contributed by atoms with E-state index in [0.29, 0.717) is 6.42 Å². The Bertz CT molecular complexity index is 1060. The smallest absolute Gasteiger partial charge is 0.378 e. The van der Waals surface area contributed by atoms with Crippen molar-refractivity contribution in [2.24, 2.45) is 0 Å². The van der Waals surface area contributed by atoms with Crippen molar-refractivity contribution in [3.8, 4) is 0 Å². The van der Waals surface area contributed by atoms with Crippen molar-refractivity contribution in [2.45, 2.75) is 33.2 Å². The van der Waals surface area contributed by atoms with E-state index in [-0.39, 0.29) is 17.4 Å². The number of Topliss-reactive ketones (excluding diaryl/α,β-unsaturated/α-hetero) is 1. The zero-order valence-corrected chi connectivity index (χ0v) is 16.4. The summed E-state index contributed by atoms with van der Waals surface area (Å²) in [6, 6.07) is 10.4. The predicted molar refractivity (Wildman–Crippen MR) is 103 cm³/mol. The molecule has 1 aromatic carbocycles. The quantitative estimate of drug-likeness (QED) is 0.598. The van der Waals surface area contributed by atoms with E-state index < -0.39 is 24.5 Å². The minimum absolute atomic E-state index is 0.188. The number of nitrogens with zero attached hydrogens (tertiary/aromatic N) is 4. The van der Waals surface area contributed by atoms with Crippen LogP contribution in [-0.4, -0.2) is 49.9 Å². The summed E-state index contributed by atoms with van der Waals surface area (Å²) >= 11 is 0. The van der Waals surface area contributed by atoms with Gasteiger partial charge in [-0.25, -0.2) is 14.3 Å². The summed E-state index contributed by atoms with van der Waals surface area (Å²) < 4.78 is 6.42. The Morgan fingerprint density at radius 2 is 1.86 bits per heavy atom. The third-order valence-electron chi connectivity index (χ3n) is 4.24. The Balaban J connectivity index is 1.60. The minimum Gasteiger partial charge on any atom is -0.450 e. The molecule has 1 amide bonds. The first-order chi connectivity index (χ1) is 13.8. The highest BCUT2D eigenvalue weighted by atomic mass is 16.5. The molecule has 0 fully saturated rings. The van der Waals surface area contributed by atoms with Gasteiger partial charge in [0.25, 0.3) is 17.5 Å². The highest BCUT2D eigenvalue weighted by Gasteiger charge is 2.21. The number of ketones is 1. The highest BCUT2D eigenvalue weighted by molar-refractivity contribution is 5.90. The largest absolute Gasteiger partial charge is 0.450 e. The zero-order valence-electron chi connectivity index (χ0n) is 16.4. The van der Waals surface area contributed by atoms with Crippen LogP contribution in [0.5, 0.6) is 0 Å². The maximum Gasteiger partial charge on any atom is 0.378 e. The molecule has 3 rings (SSSR count). The monoisotopic (exact) mass is 395 g/mol. The van der Waals surface area contributed by atoms with E-state index in [4.69, 9.17) is 4.74 Å². The normalized spacial score (nSPS) is 11.8. The Kier molecular flexibility index (Phi) is 5.96. The first kappa shape index (κ1) is 20.1. The molecule has 0 unspecified atom stereocenters. The van der Waals surface area contributed by atoms with Crippen molar-refractivity contribution in [3.05, 3.63) is 59.2 Å². The number of hydrogen-bond donors (Lipinski definition) is 1. The lowest BCUT2D eigenvalue weighted by Gasteiger charge is -2.16. The van der Waals surface area contributed by atoms with Crippen molar-refractivity contribution in [1.29, 1.82) is 0 Å². The number of nitrogens with one attached hydrogen (secondary N) is 1. The van der Waals surface area contributed by atoms with Gasteiger partial charge in [0.05, 0.1) is 6.04 Å². The Morgan fingerprint density at radius 1 is 1.14 bits per heavy atom. The van der Waals surface area contributed by atoms with Gasteiger partial charge in [-0.2, -0.15) is 4.98 Å². The topological polar surface area (TPSA) is 116 Å². The maximum atomic E-state index is 12.2.